The molecule has 3 aromatic rings. The lowest BCUT2D eigenvalue weighted by Gasteiger charge is -2.31. The van der Waals surface area contributed by atoms with Crippen LogP contribution in [0, 0.1) is 31.1 Å². The Balaban J connectivity index is 1.42. The topological polar surface area (TPSA) is 95.3 Å². The number of rotatable bonds is 4. The number of anilines is 2. The van der Waals surface area contributed by atoms with E-state index < -0.39 is 0 Å². The molecule has 3 heterocycles. The van der Waals surface area contributed by atoms with Crippen molar-refractivity contribution in [2.75, 3.05) is 23.3 Å². The van der Waals surface area contributed by atoms with Gasteiger partial charge in [-0.1, -0.05) is 6.07 Å². The van der Waals surface area contributed by atoms with Gasteiger partial charge in [0.05, 0.1) is 6.26 Å². The number of carbonyl (C=O) groups excluding carboxylic acids is 1. The average molecular weight is 390 g/mol. The average Bonchev–Trinajstić information content (AvgIpc) is 3.37. The SMILES string of the molecule is Cc1cc(C)cc(NC(=O)C2CCN(c3oc(-c4ccco4)nc3C#N)CC2)c1. The number of aromatic nitrogens is 1. The van der Waals surface area contributed by atoms with Crippen molar-refractivity contribution in [3.8, 4) is 17.7 Å². The Kier molecular flexibility index (Phi) is 5.09. The molecule has 0 saturated carbocycles. The van der Waals surface area contributed by atoms with E-state index in [1.165, 1.54) is 6.26 Å². The fraction of sp³-hybridized carbons (Fsp3) is 0.318. The maximum atomic E-state index is 12.7. The summed E-state index contributed by atoms with van der Waals surface area (Å²) in [6.07, 6.45) is 2.89. The number of hydrogen-bond donors (Lipinski definition) is 1. The van der Waals surface area contributed by atoms with Gasteiger partial charge in [0.15, 0.2) is 5.76 Å². The van der Waals surface area contributed by atoms with Crippen LogP contribution >= 0.6 is 0 Å². The van der Waals surface area contributed by atoms with E-state index in [2.05, 4.69) is 22.4 Å². The van der Waals surface area contributed by atoms with Crippen LogP contribution in [0.1, 0.15) is 29.7 Å². The highest BCUT2D eigenvalue weighted by Gasteiger charge is 2.29. The highest BCUT2D eigenvalue weighted by Crippen LogP contribution is 2.31. The molecule has 1 fully saturated rings. The first-order valence-corrected chi connectivity index (χ1v) is 9.62. The van der Waals surface area contributed by atoms with Crippen LogP contribution in [0.5, 0.6) is 0 Å². The van der Waals surface area contributed by atoms with Crippen molar-refractivity contribution in [1.29, 1.82) is 5.26 Å². The second-order valence-corrected chi connectivity index (χ2v) is 7.39. The van der Waals surface area contributed by atoms with Crippen LogP contribution in [0.3, 0.4) is 0 Å². The maximum Gasteiger partial charge on any atom is 0.266 e. The van der Waals surface area contributed by atoms with Crippen molar-refractivity contribution in [2.24, 2.45) is 5.92 Å². The third-order valence-corrected chi connectivity index (χ3v) is 5.09. The van der Waals surface area contributed by atoms with Gasteiger partial charge in [0, 0.05) is 24.7 Å². The number of nitrogens with one attached hydrogen (secondary N) is 1. The van der Waals surface area contributed by atoms with Crippen LogP contribution in [0.25, 0.3) is 11.7 Å². The van der Waals surface area contributed by atoms with Gasteiger partial charge in [-0.3, -0.25) is 4.79 Å². The van der Waals surface area contributed by atoms with Crippen molar-refractivity contribution >= 4 is 17.5 Å². The third kappa shape index (κ3) is 4.02. The Hall–Kier alpha value is -3.53. The van der Waals surface area contributed by atoms with Gasteiger partial charge in [-0.25, -0.2) is 0 Å². The lowest BCUT2D eigenvalue weighted by atomic mass is 9.95. The smallest absolute Gasteiger partial charge is 0.266 e. The molecule has 148 valence electrons. The molecule has 0 radical (unpaired) electrons. The summed E-state index contributed by atoms with van der Waals surface area (Å²) in [4.78, 5) is 18.9. The fourth-order valence-corrected chi connectivity index (χ4v) is 3.74. The molecule has 1 aliphatic rings. The maximum absolute atomic E-state index is 12.7. The summed E-state index contributed by atoms with van der Waals surface area (Å²) in [5.74, 6) is 1.16. The van der Waals surface area contributed by atoms with E-state index in [0.717, 1.165) is 16.8 Å². The second-order valence-electron chi connectivity index (χ2n) is 7.39. The number of nitriles is 1. The van der Waals surface area contributed by atoms with Crippen molar-refractivity contribution in [3.63, 3.8) is 0 Å². The van der Waals surface area contributed by atoms with Crippen LogP contribution in [-0.4, -0.2) is 24.0 Å². The molecule has 0 aliphatic carbocycles. The summed E-state index contributed by atoms with van der Waals surface area (Å²) < 4.78 is 11.1. The summed E-state index contributed by atoms with van der Waals surface area (Å²) in [5.41, 5.74) is 3.31. The third-order valence-electron chi connectivity index (χ3n) is 5.09. The zero-order valence-corrected chi connectivity index (χ0v) is 16.4. The number of piperidine rings is 1. The van der Waals surface area contributed by atoms with E-state index in [4.69, 9.17) is 8.83 Å². The minimum Gasteiger partial charge on any atom is -0.459 e. The highest BCUT2D eigenvalue weighted by molar-refractivity contribution is 5.92. The number of carbonyl (C=O) groups is 1. The molecule has 4 rings (SSSR count). The van der Waals surface area contributed by atoms with Crippen molar-refractivity contribution in [1.82, 2.24) is 4.98 Å². The molecule has 1 aliphatic heterocycles. The molecule has 0 spiro atoms. The molecule has 2 aromatic heterocycles. The molecular weight excluding hydrogens is 368 g/mol. The van der Waals surface area contributed by atoms with E-state index in [1.807, 2.05) is 30.9 Å². The molecular formula is C22H22N4O3. The van der Waals surface area contributed by atoms with Crippen molar-refractivity contribution in [2.45, 2.75) is 26.7 Å². The van der Waals surface area contributed by atoms with E-state index >= 15 is 0 Å². The van der Waals surface area contributed by atoms with Crippen LogP contribution in [0.2, 0.25) is 0 Å². The first-order valence-electron chi connectivity index (χ1n) is 9.62. The zero-order valence-electron chi connectivity index (χ0n) is 16.4. The second kappa shape index (κ2) is 7.84. The number of oxazole rings is 1. The Morgan fingerprint density at radius 3 is 2.59 bits per heavy atom. The van der Waals surface area contributed by atoms with Gasteiger partial charge < -0.3 is 19.1 Å². The van der Waals surface area contributed by atoms with Gasteiger partial charge in [-0.05, 0) is 62.1 Å². The minimum absolute atomic E-state index is 0.0315. The number of amides is 1. The van der Waals surface area contributed by atoms with Gasteiger partial charge in [0.1, 0.15) is 6.07 Å². The lowest BCUT2D eigenvalue weighted by molar-refractivity contribution is -0.120. The van der Waals surface area contributed by atoms with E-state index in [0.29, 0.717) is 37.6 Å². The molecule has 1 N–H and O–H groups in total. The molecule has 1 aromatic carbocycles. The summed E-state index contributed by atoms with van der Waals surface area (Å²) >= 11 is 0. The normalized spacial score (nSPS) is 14.6. The molecule has 0 unspecified atom stereocenters. The predicted octanol–water partition coefficient (Wildman–Crippen LogP) is 4.28. The quantitative estimate of drug-likeness (QED) is 0.714. The number of aryl methyl sites for hydroxylation is 2. The van der Waals surface area contributed by atoms with Gasteiger partial charge in [-0.15, -0.1) is 0 Å². The summed E-state index contributed by atoms with van der Waals surface area (Å²) in [6.45, 7) is 5.27. The van der Waals surface area contributed by atoms with Gasteiger partial charge in [-0.2, -0.15) is 10.2 Å². The number of hydrogen-bond acceptors (Lipinski definition) is 6. The van der Waals surface area contributed by atoms with E-state index in [-0.39, 0.29) is 23.4 Å². The van der Waals surface area contributed by atoms with Gasteiger partial charge >= 0.3 is 0 Å². The van der Waals surface area contributed by atoms with E-state index in [1.54, 1.807) is 12.1 Å². The largest absolute Gasteiger partial charge is 0.459 e. The molecule has 0 atom stereocenters. The fourth-order valence-electron chi connectivity index (χ4n) is 3.74. The summed E-state index contributed by atoms with van der Waals surface area (Å²) in [6, 6.07) is 11.6. The first-order chi connectivity index (χ1) is 14.0. The summed E-state index contributed by atoms with van der Waals surface area (Å²) in [7, 11) is 0. The summed E-state index contributed by atoms with van der Waals surface area (Å²) in [5, 5.41) is 12.5. The Morgan fingerprint density at radius 1 is 1.24 bits per heavy atom. The van der Waals surface area contributed by atoms with Crippen LogP contribution < -0.4 is 10.2 Å². The van der Waals surface area contributed by atoms with Crippen LogP contribution in [0.4, 0.5) is 11.6 Å². The van der Waals surface area contributed by atoms with Gasteiger partial charge in [0.2, 0.25) is 17.5 Å². The van der Waals surface area contributed by atoms with Gasteiger partial charge in [0.25, 0.3) is 5.89 Å². The minimum atomic E-state index is -0.0786. The molecule has 7 heteroatoms. The van der Waals surface area contributed by atoms with Crippen LogP contribution in [-0.2, 0) is 4.79 Å². The number of furan rings is 1. The highest BCUT2D eigenvalue weighted by atomic mass is 16.4. The molecule has 0 bridgehead atoms. The number of benzene rings is 1. The lowest BCUT2D eigenvalue weighted by Crippen LogP contribution is -2.38. The van der Waals surface area contributed by atoms with Crippen LogP contribution in [0.15, 0.2) is 45.4 Å². The van der Waals surface area contributed by atoms with Crippen molar-refractivity contribution in [3.05, 3.63) is 53.4 Å². The molecule has 1 saturated heterocycles. The predicted molar refractivity (Wildman–Crippen MR) is 108 cm³/mol. The standard InChI is InChI=1S/C22H22N4O3/c1-14-10-15(2)12-17(11-14)24-20(27)16-5-7-26(8-6-16)22-18(13-23)25-21(29-22)19-4-3-9-28-19/h3-4,9-12,16H,5-8H2,1-2H3,(H,24,27). The Bertz CT molecular complexity index is 1030. The Labute approximate surface area is 168 Å². The Morgan fingerprint density at radius 2 is 1.97 bits per heavy atom. The molecule has 7 nitrogen and oxygen atoms in total. The zero-order chi connectivity index (χ0) is 20.4. The first kappa shape index (κ1) is 18.8. The monoisotopic (exact) mass is 390 g/mol. The van der Waals surface area contributed by atoms with E-state index in [9.17, 15) is 10.1 Å². The molecule has 29 heavy (non-hydrogen) atoms. The number of nitrogens with zero attached hydrogens (tertiary/aromatic N) is 3. The molecule has 1 amide bonds. The van der Waals surface area contributed by atoms with Crippen molar-refractivity contribution < 1.29 is 13.6 Å².